The van der Waals surface area contributed by atoms with Gasteiger partial charge in [-0.2, -0.15) is 5.10 Å². The van der Waals surface area contributed by atoms with Gasteiger partial charge < -0.3 is 10.5 Å². The molecule has 0 saturated carbocycles. The average Bonchev–Trinajstić information content (AvgIpc) is 3.26. The second-order valence-electron chi connectivity index (χ2n) is 6.33. The molecule has 1 aliphatic heterocycles. The first-order valence-corrected chi connectivity index (χ1v) is 8.62. The van der Waals surface area contributed by atoms with Crippen molar-refractivity contribution in [1.82, 2.24) is 24.7 Å². The molecule has 3 aromatic heterocycles. The number of pyridine rings is 1. The lowest BCUT2D eigenvalue weighted by atomic mass is 10.2. The number of hydrogen-bond acceptors (Lipinski definition) is 7. The van der Waals surface area contributed by atoms with Crippen molar-refractivity contribution in [1.29, 1.82) is 0 Å². The van der Waals surface area contributed by atoms with E-state index < -0.39 is 5.91 Å². The molecule has 0 aliphatic carbocycles. The number of aromatic nitrogens is 5. The highest BCUT2D eigenvalue weighted by molar-refractivity contribution is 6.53. The molecule has 2 N–H and O–H groups in total. The lowest BCUT2D eigenvalue weighted by Crippen LogP contribution is -2.14. The normalized spacial score (nSPS) is 14.4. The van der Waals surface area contributed by atoms with Gasteiger partial charge in [0.25, 0.3) is 5.91 Å². The van der Waals surface area contributed by atoms with E-state index >= 15 is 0 Å². The van der Waals surface area contributed by atoms with E-state index in [2.05, 4.69) is 30.5 Å². The van der Waals surface area contributed by atoms with Crippen molar-refractivity contribution in [2.75, 3.05) is 5.32 Å². The molecule has 4 aromatic rings. The summed E-state index contributed by atoms with van der Waals surface area (Å²) in [6.07, 6.45) is 3.02. The maximum Gasteiger partial charge on any atom is 0.279 e. The van der Waals surface area contributed by atoms with Gasteiger partial charge in [0.2, 0.25) is 0 Å². The quantitative estimate of drug-likeness (QED) is 0.410. The Hall–Kier alpha value is -4.21. The minimum Gasteiger partial charge on any atom is -0.410 e. The monoisotopic (exact) mass is 389 g/mol. The molecule has 0 unspecified atom stereocenters. The van der Waals surface area contributed by atoms with Crippen molar-refractivity contribution in [2.24, 2.45) is 5.16 Å². The molecule has 29 heavy (non-hydrogen) atoms. The number of anilines is 1. The summed E-state index contributed by atoms with van der Waals surface area (Å²) in [5, 5.41) is 19.7. The highest BCUT2D eigenvalue weighted by Gasteiger charge is 2.29. The smallest absolute Gasteiger partial charge is 0.279 e. The van der Waals surface area contributed by atoms with Crippen molar-refractivity contribution < 1.29 is 14.4 Å². The van der Waals surface area contributed by atoms with Crippen LogP contribution in [0.15, 0.2) is 53.9 Å². The van der Waals surface area contributed by atoms with E-state index in [0.29, 0.717) is 27.9 Å². The summed E-state index contributed by atoms with van der Waals surface area (Å²) in [7, 11) is 0. The third kappa shape index (κ3) is 2.69. The molecule has 5 rings (SSSR count). The zero-order valence-electron chi connectivity index (χ0n) is 14.7. The number of hydrogen-bond donors (Lipinski definition) is 2. The number of nitrogens with one attached hydrogen (secondary N) is 1. The van der Waals surface area contributed by atoms with E-state index in [1.54, 1.807) is 35.1 Å². The molecule has 10 heteroatoms. The Labute approximate surface area is 162 Å². The van der Waals surface area contributed by atoms with Crippen LogP contribution in [-0.4, -0.2) is 41.6 Å². The summed E-state index contributed by atoms with van der Waals surface area (Å²) in [6, 6.07) is 10.0. The predicted molar refractivity (Wildman–Crippen MR) is 101 cm³/mol. The second kappa shape index (κ2) is 6.44. The Morgan fingerprint density at radius 3 is 2.86 bits per heavy atom. The first-order chi connectivity index (χ1) is 14.2. The molecule has 9 nitrogen and oxygen atoms in total. The first-order valence-electron chi connectivity index (χ1n) is 8.62. The van der Waals surface area contributed by atoms with Crippen molar-refractivity contribution in [3.05, 3.63) is 65.7 Å². The van der Waals surface area contributed by atoms with Gasteiger partial charge in [-0.25, -0.2) is 24.0 Å². The fraction of sp³-hybridized carbons (Fsp3) is 0.0526. The van der Waals surface area contributed by atoms with Crippen molar-refractivity contribution >= 4 is 28.5 Å². The number of carbonyl (C=O) groups is 1. The number of amides is 1. The van der Waals surface area contributed by atoms with Crippen LogP contribution in [0.2, 0.25) is 0 Å². The Morgan fingerprint density at radius 1 is 1.17 bits per heavy atom. The molecule has 0 atom stereocenters. The predicted octanol–water partition coefficient (Wildman–Crippen LogP) is 2.21. The van der Waals surface area contributed by atoms with E-state index in [-0.39, 0.29) is 29.7 Å². The van der Waals surface area contributed by atoms with Crippen LogP contribution in [0, 0.1) is 5.82 Å². The summed E-state index contributed by atoms with van der Waals surface area (Å²) < 4.78 is 15.7. The van der Waals surface area contributed by atoms with E-state index in [0.717, 1.165) is 0 Å². The third-order valence-corrected chi connectivity index (χ3v) is 4.59. The zero-order valence-corrected chi connectivity index (χ0v) is 14.7. The number of carbonyl (C=O) groups excluding carboxylic acids is 1. The maximum absolute atomic E-state index is 14.1. The molecule has 0 fully saturated rings. The number of fused-ring (bicyclic) bond motifs is 2. The number of halogens is 1. The SMILES string of the molecule is O=C1Nc2nc(-c3nn(Cc4ccccc4F)c4ncccc34)ncc2/C1=N/O. The third-order valence-electron chi connectivity index (χ3n) is 4.59. The van der Waals surface area contributed by atoms with Gasteiger partial charge in [-0.1, -0.05) is 23.4 Å². The van der Waals surface area contributed by atoms with Crippen LogP contribution in [0.5, 0.6) is 0 Å². The highest BCUT2D eigenvalue weighted by Crippen LogP contribution is 2.28. The molecule has 0 saturated heterocycles. The molecule has 1 aliphatic rings. The minimum absolute atomic E-state index is 0.150. The van der Waals surface area contributed by atoms with Crippen LogP contribution >= 0.6 is 0 Å². The lowest BCUT2D eigenvalue weighted by Gasteiger charge is -2.04. The Balaban J connectivity index is 1.63. The van der Waals surface area contributed by atoms with E-state index in [4.69, 9.17) is 5.21 Å². The number of nitrogens with zero attached hydrogens (tertiary/aromatic N) is 6. The van der Waals surface area contributed by atoms with Crippen LogP contribution in [-0.2, 0) is 11.3 Å². The molecule has 4 heterocycles. The van der Waals surface area contributed by atoms with E-state index in [1.807, 2.05) is 6.07 Å². The molecule has 0 radical (unpaired) electrons. The van der Waals surface area contributed by atoms with Crippen LogP contribution in [0.3, 0.4) is 0 Å². The summed E-state index contributed by atoms with van der Waals surface area (Å²) in [6.45, 7) is 0.184. The van der Waals surface area contributed by atoms with Gasteiger partial charge in [0, 0.05) is 18.0 Å². The van der Waals surface area contributed by atoms with Gasteiger partial charge in [0.15, 0.2) is 17.2 Å². The van der Waals surface area contributed by atoms with Gasteiger partial charge in [-0.15, -0.1) is 0 Å². The lowest BCUT2D eigenvalue weighted by molar-refractivity contribution is -0.110. The fourth-order valence-corrected chi connectivity index (χ4v) is 3.23. The van der Waals surface area contributed by atoms with Crippen LogP contribution in [0.1, 0.15) is 11.1 Å². The van der Waals surface area contributed by atoms with Gasteiger partial charge in [-0.3, -0.25) is 4.79 Å². The summed E-state index contributed by atoms with van der Waals surface area (Å²) in [5.74, 6) is -0.409. The molecule has 142 valence electrons. The number of rotatable bonds is 3. The summed E-state index contributed by atoms with van der Waals surface area (Å²) in [4.78, 5) is 24.8. The summed E-state index contributed by atoms with van der Waals surface area (Å²) >= 11 is 0. The van der Waals surface area contributed by atoms with E-state index in [1.165, 1.54) is 12.3 Å². The Bertz CT molecular complexity index is 1320. The average molecular weight is 389 g/mol. The topological polar surface area (TPSA) is 118 Å². The van der Waals surface area contributed by atoms with Gasteiger partial charge in [0.05, 0.1) is 17.5 Å². The van der Waals surface area contributed by atoms with Crippen LogP contribution < -0.4 is 5.32 Å². The maximum atomic E-state index is 14.1. The summed E-state index contributed by atoms with van der Waals surface area (Å²) in [5.41, 5.74) is 1.62. The van der Waals surface area contributed by atoms with Crippen LogP contribution in [0.25, 0.3) is 22.6 Å². The molecule has 1 amide bonds. The molecular formula is C19H12FN7O2. The van der Waals surface area contributed by atoms with Crippen molar-refractivity contribution in [2.45, 2.75) is 6.54 Å². The Kier molecular flexibility index (Phi) is 3.76. The molecule has 1 aromatic carbocycles. The highest BCUT2D eigenvalue weighted by atomic mass is 19.1. The fourth-order valence-electron chi connectivity index (χ4n) is 3.23. The largest absolute Gasteiger partial charge is 0.410 e. The van der Waals surface area contributed by atoms with Gasteiger partial charge >= 0.3 is 0 Å². The minimum atomic E-state index is -0.564. The van der Waals surface area contributed by atoms with Crippen molar-refractivity contribution in [3.8, 4) is 11.5 Å². The van der Waals surface area contributed by atoms with E-state index in [9.17, 15) is 9.18 Å². The van der Waals surface area contributed by atoms with Gasteiger partial charge in [-0.05, 0) is 18.2 Å². The number of benzene rings is 1. The number of oxime groups is 1. The molecular weight excluding hydrogens is 377 g/mol. The molecule has 0 spiro atoms. The molecule has 0 bridgehead atoms. The van der Waals surface area contributed by atoms with Gasteiger partial charge in [0.1, 0.15) is 17.3 Å². The first kappa shape index (κ1) is 16.9. The Morgan fingerprint density at radius 2 is 2.03 bits per heavy atom. The zero-order chi connectivity index (χ0) is 20.0. The second-order valence-corrected chi connectivity index (χ2v) is 6.33. The standard InChI is InChI=1S/C19H12FN7O2/c20-13-6-2-1-4-10(13)9-27-18-11(5-3-7-21-18)14(25-27)17-22-8-12-15(26-29)19(28)24-16(12)23-17/h1-8,29H,9H2,(H,22,23,24,26,28). The van der Waals surface area contributed by atoms with Crippen molar-refractivity contribution in [3.63, 3.8) is 0 Å². The van der Waals surface area contributed by atoms with Crippen LogP contribution in [0.4, 0.5) is 10.2 Å².